The van der Waals surface area contributed by atoms with Gasteiger partial charge in [-0.1, -0.05) is 12.5 Å². The molecule has 2 bridgehead atoms. The molecule has 28 heavy (non-hydrogen) atoms. The van der Waals surface area contributed by atoms with Crippen molar-refractivity contribution in [2.24, 2.45) is 23.2 Å². The SMILES string of the molecule is CC1=CC(=O)[C@@H](O)[C@]2(C)[C@@H]3C45OC[C@]3(O)[C@H](O)[C@@]3(CO3)C4CC(=O)O[C@@H]5C[C@@H]12. The number of ether oxygens (including phenoxy) is 3. The number of aliphatic hydroxyl groups is 3. The van der Waals surface area contributed by atoms with Crippen LogP contribution in [0.4, 0.5) is 0 Å². The number of esters is 1. The maximum atomic E-state index is 12.6. The zero-order chi connectivity index (χ0) is 19.9. The van der Waals surface area contributed by atoms with Gasteiger partial charge >= 0.3 is 5.97 Å². The Morgan fingerprint density at radius 1 is 1.18 bits per heavy atom. The molecule has 5 fully saturated rings. The van der Waals surface area contributed by atoms with E-state index in [1.54, 1.807) is 6.92 Å². The molecule has 0 amide bonds. The monoisotopic (exact) mass is 392 g/mol. The van der Waals surface area contributed by atoms with Crippen molar-refractivity contribution in [1.29, 1.82) is 0 Å². The summed E-state index contributed by atoms with van der Waals surface area (Å²) in [5, 5.41) is 34.0. The summed E-state index contributed by atoms with van der Waals surface area (Å²) in [6, 6.07) is 0. The van der Waals surface area contributed by atoms with Crippen molar-refractivity contribution in [2.75, 3.05) is 13.2 Å². The third kappa shape index (κ3) is 1.54. The molecule has 10 atom stereocenters. The molecule has 0 aromatic rings. The quantitative estimate of drug-likeness (QED) is 0.358. The standard InChI is InChI=1S/C20H24O8/c1-8-3-10(21)14(23)17(2)9(8)4-12-20-11(5-13(22)28-12)19(7-26-19)16(24)18(25,6-27-20)15(17)20/h3,9,11-12,14-16,23-25H,4-7H2,1-2H3/t9-,11?,12+,14+,15-,16-,17+,18+,19+,20?/m0/s1. The fourth-order valence-electron chi connectivity index (χ4n) is 7.74. The topological polar surface area (TPSA) is 126 Å². The van der Waals surface area contributed by atoms with E-state index in [2.05, 4.69) is 0 Å². The predicted molar refractivity (Wildman–Crippen MR) is 90.8 cm³/mol. The predicted octanol–water partition coefficient (Wildman–Crippen LogP) is -0.906. The van der Waals surface area contributed by atoms with Crippen LogP contribution in [0.25, 0.3) is 0 Å². The minimum atomic E-state index is -1.71. The number of hydrogen-bond donors (Lipinski definition) is 3. The van der Waals surface area contributed by atoms with E-state index in [4.69, 9.17) is 14.2 Å². The van der Waals surface area contributed by atoms with Crippen LogP contribution in [-0.4, -0.2) is 75.4 Å². The molecule has 0 radical (unpaired) electrons. The zero-order valence-corrected chi connectivity index (χ0v) is 15.8. The molecule has 152 valence electrons. The molecule has 0 aromatic heterocycles. The molecule has 3 aliphatic carbocycles. The fourth-order valence-corrected chi connectivity index (χ4v) is 7.74. The average Bonchev–Trinajstić information content (AvgIpc) is 3.38. The van der Waals surface area contributed by atoms with Crippen LogP contribution in [-0.2, 0) is 23.8 Å². The van der Waals surface area contributed by atoms with E-state index in [1.807, 2.05) is 6.92 Å². The number of rotatable bonds is 0. The number of allylic oxidation sites excluding steroid dienone is 1. The third-order valence-electron chi connectivity index (χ3n) is 8.80. The number of epoxide rings is 1. The van der Waals surface area contributed by atoms with E-state index in [9.17, 15) is 24.9 Å². The Labute approximate surface area is 161 Å². The van der Waals surface area contributed by atoms with E-state index in [0.29, 0.717) is 6.42 Å². The Balaban J connectivity index is 1.63. The third-order valence-corrected chi connectivity index (χ3v) is 8.80. The first-order valence-electron chi connectivity index (χ1n) is 9.90. The lowest BCUT2D eigenvalue weighted by Gasteiger charge is -2.67. The van der Waals surface area contributed by atoms with Crippen LogP contribution in [0.3, 0.4) is 0 Å². The first-order valence-corrected chi connectivity index (χ1v) is 9.90. The molecule has 2 unspecified atom stereocenters. The maximum absolute atomic E-state index is 12.6. The molecule has 3 saturated heterocycles. The Kier molecular flexibility index (Phi) is 2.94. The van der Waals surface area contributed by atoms with Crippen molar-refractivity contribution in [3.05, 3.63) is 11.6 Å². The zero-order valence-electron chi connectivity index (χ0n) is 15.8. The number of fused-ring (bicyclic) bond motifs is 2. The highest BCUT2D eigenvalue weighted by atomic mass is 16.6. The Bertz CT molecular complexity index is 847. The van der Waals surface area contributed by atoms with Crippen LogP contribution in [0, 0.1) is 23.2 Å². The largest absolute Gasteiger partial charge is 0.459 e. The second kappa shape index (κ2) is 4.70. The van der Waals surface area contributed by atoms with Crippen LogP contribution in [0.15, 0.2) is 11.6 Å². The molecule has 8 nitrogen and oxygen atoms in total. The van der Waals surface area contributed by atoms with Gasteiger partial charge in [0.2, 0.25) is 0 Å². The van der Waals surface area contributed by atoms with Gasteiger partial charge in [0.25, 0.3) is 0 Å². The summed E-state index contributed by atoms with van der Waals surface area (Å²) in [7, 11) is 0. The highest BCUT2D eigenvalue weighted by Gasteiger charge is 2.87. The summed E-state index contributed by atoms with van der Waals surface area (Å²) >= 11 is 0. The van der Waals surface area contributed by atoms with Gasteiger partial charge in [0, 0.05) is 17.3 Å². The van der Waals surface area contributed by atoms with E-state index >= 15 is 0 Å². The lowest BCUT2D eigenvalue weighted by atomic mass is 9.40. The van der Waals surface area contributed by atoms with E-state index in [0.717, 1.165) is 5.57 Å². The summed E-state index contributed by atoms with van der Waals surface area (Å²) in [4.78, 5) is 25.0. The second-order valence-corrected chi connectivity index (χ2v) is 9.80. The number of carbonyl (C=O) groups excluding carboxylic acids is 2. The average molecular weight is 392 g/mol. The number of carbonyl (C=O) groups is 2. The van der Waals surface area contributed by atoms with Crippen LogP contribution in [0.1, 0.15) is 26.7 Å². The van der Waals surface area contributed by atoms with Gasteiger partial charge in [-0.15, -0.1) is 0 Å². The molecule has 2 saturated carbocycles. The van der Waals surface area contributed by atoms with Crippen molar-refractivity contribution >= 4 is 11.8 Å². The van der Waals surface area contributed by atoms with Gasteiger partial charge in [-0.25, -0.2) is 0 Å². The van der Waals surface area contributed by atoms with Gasteiger partial charge in [-0.3, -0.25) is 9.59 Å². The Hall–Kier alpha value is -1.32. The van der Waals surface area contributed by atoms with Crippen molar-refractivity contribution in [1.82, 2.24) is 0 Å². The summed E-state index contributed by atoms with van der Waals surface area (Å²) < 4.78 is 17.7. The van der Waals surface area contributed by atoms with Crippen LogP contribution in [0.2, 0.25) is 0 Å². The smallest absolute Gasteiger partial charge is 0.306 e. The minimum absolute atomic E-state index is 0.0136. The molecule has 6 aliphatic rings. The molecular weight excluding hydrogens is 368 g/mol. The summed E-state index contributed by atoms with van der Waals surface area (Å²) in [6.45, 7) is 3.70. The van der Waals surface area contributed by atoms with E-state index in [-0.39, 0.29) is 31.5 Å². The van der Waals surface area contributed by atoms with Crippen molar-refractivity contribution < 1.29 is 39.1 Å². The lowest BCUT2D eigenvalue weighted by Crippen LogP contribution is -2.80. The van der Waals surface area contributed by atoms with Gasteiger partial charge in [0.15, 0.2) is 5.78 Å². The molecule has 3 heterocycles. The molecule has 6 rings (SSSR count). The normalized spacial score (nSPS) is 61.4. The molecule has 8 heteroatoms. The second-order valence-electron chi connectivity index (χ2n) is 9.80. The maximum Gasteiger partial charge on any atom is 0.306 e. The van der Waals surface area contributed by atoms with Gasteiger partial charge < -0.3 is 29.5 Å². The Morgan fingerprint density at radius 3 is 2.57 bits per heavy atom. The first kappa shape index (κ1) is 17.5. The van der Waals surface area contributed by atoms with E-state index < -0.39 is 58.1 Å². The summed E-state index contributed by atoms with van der Waals surface area (Å²) in [5.41, 5.74) is -4.12. The minimum Gasteiger partial charge on any atom is -0.459 e. The van der Waals surface area contributed by atoms with E-state index in [1.165, 1.54) is 6.08 Å². The molecule has 0 aromatic carbocycles. The number of aliphatic hydroxyl groups excluding tert-OH is 2. The fraction of sp³-hybridized carbons (Fsp3) is 0.800. The Morgan fingerprint density at radius 2 is 1.89 bits per heavy atom. The van der Waals surface area contributed by atoms with Crippen LogP contribution < -0.4 is 0 Å². The highest BCUT2D eigenvalue weighted by Crippen LogP contribution is 2.73. The van der Waals surface area contributed by atoms with Gasteiger partial charge in [0.05, 0.1) is 19.6 Å². The lowest BCUT2D eigenvalue weighted by molar-refractivity contribution is -0.300. The highest BCUT2D eigenvalue weighted by molar-refractivity contribution is 5.96. The molecule has 2 spiro atoms. The van der Waals surface area contributed by atoms with Crippen molar-refractivity contribution in [3.63, 3.8) is 0 Å². The van der Waals surface area contributed by atoms with Crippen molar-refractivity contribution in [3.8, 4) is 0 Å². The summed E-state index contributed by atoms with van der Waals surface area (Å²) in [5.74, 6) is -2.34. The van der Waals surface area contributed by atoms with Crippen LogP contribution >= 0.6 is 0 Å². The van der Waals surface area contributed by atoms with Gasteiger partial charge in [-0.2, -0.15) is 0 Å². The number of hydrogen-bond acceptors (Lipinski definition) is 8. The first-order chi connectivity index (χ1) is 13.1. The van der Waals surface area contributed by atoms with Crippen LogP contribution in [0.5, 0.6) is 0 Å². The van der Waals surface area contributed by atoms with Crippen molar-refractivity contribution in [2.45, 2.75) is 61.8 Å². The molecule has 3 aliphatic heterocycles. The van der Waals surface area contributed by atoms with Gasteiger partial charge in [-0.05, 0) is 25.3 Å². The van der Waals surface area contributed by atoms with Gasteiger partial charge in [0.1, 0.15) is 35.1 Å². The number of ketones is 1. The summed E-state index contributed by atoms with van der Waals surface area (Å²) in [6.07, 6.45) is -1.40. The molecule has 3 N–H and O–H groups in total. The molecular formula is C20H24O8.